The number of carbonyl (C=O) groups excluding carboxylic acids is 2. The molecule has 2 N–H and O–H groups in total. The Morgan fingerprint density at radius 1 is 0.846 bits per heavy atom. The van der Waals surface area contributed by atoms with Gasteiger partial charge in [0.2, 0.25) is 0 Å². The first-order valence-corrected chi connectivity index (χ1v) is 9.06. The van der Waals surface area contributed by atoms with Gasteiger partial charge in [0.05, 0.1) is 12.5 Å². The van der Waals surface area contributed by atoms with E-state index in [-0.39, 0.29) is 24.1 Å². The van der Waals surface area contributed by atoms with Gasteiger partial charge in [0.1, 0.15) is 0 Å². The molecule has 26 heavy (non-hydrogen) atoms. The molecule has 3 rings (SSSR count). The number of furan rings is 2. The summed E-state index contributed by atoms with van der Waals surface area (Å²) in [5.74, 6) is 0.555. The predicted molar refractivity (Wildman–Crippen MR) is 98.1 cm³/mol. The molecule has 0 saturated carbocycles. The van der Waals surface area contributed by atoms with Gasteiger partial charge in [0, 0.05) is 29.3 Å². The Labute approximate surface area is 155 Å². The second-order valence-electron chi connectivity index (χ2n) is 5.37. The minimum atomic E-state index is -0.317. The zero-order valence-corrected chi connectivity index (χ0v) is 14.8. The van der Waals surface area contributed by atoms with Gasteiger partial charge in [-0.2, -0.15) is 0 Å². The van der Waals surface area contributed by atoms with Crippen LogP contribution in [0.1, 0.15) is 26.7 Å². The highest BCUT2D eigenvalue weighted by atomic mass is 32.2. The molecule has 0 aliphatic rings. The fourth-order valence-electron chi connectivity index (χ4n) is 2.25. The molecule has 2 aromatic heterocycles. The van der Waals surface area contributed by atoms with Crippen LogP contribution in [0.5, 0.6) is 0 Å². The molecule has 6 nitrogen and oxygen atoms in total. The summed E-state index contributed by atoms with van der Waals surface area (Å²) >= 11 is 1.63. The summed E-state index contributed by atoms with van der Waals surface area (Å²) in [7, 11) is 0. The van der Waals surface area contributed by atoms with Crippen molar-refractivity contribution in [3.8, 4) is 0 Å². The van der Waals surface area contributed by atoms with Crippen LogP contribution < -0.4 is 10.6 Å². The van der Waals surface area contributed by atoms with Crippen LogP contribution in [0.15, 0.2) is 74.8 Å². The van der Waals surface area contributed by atoms with Crippen molar-refractivity contribution >= 4 is 23.6 Å². The zero-order chi connectivity index (χ0) is 18.2. The van der Waals surface area contributed by atoms with Crippen molar-refractivity contribution in [1.82, 2.24) is 10.6 Å². The van der Waals surface area contributed by atoms with Crippen molar-refractivity contribution in [1.29, 1.82) is 0 Å². The lowest BCUT2D eigenvalue weighted by Gasteiger charge is -2.06. The third-order valence-corrected chi connectivity index (χ3v) is 4.59. The van der Waals surface area contributed by atoms with E-state index >= 15 is 0 Å². The molecule has 2 heterocycles. The second-order valence-corrected chi connectivity index (χ2v) is 6.41. The van der Waals surface area contributed by atoms with Crippen molar-refractivity contribution in [3.05, 3.63) is 78.1 Å². The Morgan fingerprint density at radius 2 is 1.62 bits per heavy atom. The highest BCUT2D eigenvalue weighted by Crippen LogP contribution is 2.24. The Morgan fingerprint density at radius 3 is 2.35 bits per heavy atom. The van der Waals surface area contributed by atoms with E-state index in [1.54, 1.807) is 30.0 Å². The van der Waals surface area contributed by atoms with Crippen molar-refractivity contribution < 1.29 is 18.4 Å². The van der Waals surface area contributed by atoms with Gasteiger partial charge in [-0.1, -0.05) is 18.2 Å². The number of nitrogens with one attached hydrogen (secondary N) is 2. The maximum atomic E-state index is 12.3. The zero-order valence-electron chi connectivity index (χ0n) is 13.9. The lowest BCUT2D eigenvalue weighted by Crippen LogP contribution is -2.34. The molecule has 0 saturated heterocycles. The number of hydrogen-bond donors (Lipinski definition) is 2. The third kappa shape index (κ3) is 4.80. The van der Waals surface area contributed by atoms with Gasteiger partial charge in [-0.25, -0.2) is 0 Å². The Hall–Kier alpha value is -2.93. The lowest BCUT2D eigenvalue weighted by molar-refractivity contribution is 0.0900. The Kier molecular flexibility index (Phi) is 6.16. The number of amides is 2. The number of hydrogen-bond acceptors (Lipinski definition) is 5. The van der Waals surface area contributed by atoms with Gasteiger partial charge in [-0.3, -0.25) is 9.59 Å². The molecule has 7 heteroatoms. The van der Waals surface area contributed by atoms with Crippen molar-refractivity contribution in [2.75, 3.05) is 13.1 Å². The average Bonchev–Trinajstić information content (AvgIpc) is 3.36. The molecule has 0 aliphatic heterocycles. The second kappa shape index (κ2) is 8.96. The molecular formula is C19H18N2O4S. The Bertz CT molecular complexity index is 844. The van der Waals surface area contributed by atoms with Crippen molar-refractivity contribution in [3.63, 3.8) is 0 Å². The Balaban J connectivity index is 1.45. The van der Waals surface area contributed by atoms with Gasteiger partial charge in [0.15, 0.2) is 11.5 Å². The van der Waals surface area contributed by atoms with E-state index in [0.717, 1.165) is 10.5 Å². The van der Waals surface area contributed by atoms with Gasteiger partial charge in [-0.05, 0) is 30.3 Å². The normalized spacial score (nSPS) is 10.5. The molecule has 0 bridgehead atoms. The molecule has 1 aromatic carbocycles. The van der Waals surface area contributed by atoms with E-state index in [2.05, 4.69) is 10.6 Å². The molecule has 3 aromatic rings. The van der Waals surface area contributed by atoms with Crippen LogP contribution in [0.2, 0.25) is 0 Å². The first kappa shape index (κ1) is 17.9. The summed E-state index contributed by atoms with van der Waals surface area (Å²) in [6.07, 6.45) is 2.94. The van der Waals surface area contributed by atoms with Crippen LogP contribution in [0, 0.1) is 0 Å². The first-order chi connectivity index (χ1) is 12.7. The first-order valence-electron chi connectivity index (χ1n) is 8.08. The van der Waals surface area contributed by atoms with E-state index in [1.165, 1.54) is 12.5 Å². The van der Waals surface area contributed by atoms with Crippen molar-refractivity contribution in [2.24, 2.45) is 0 Å². The SMILES string of the molecule is O=C(NCCNC(=O)c1occc1CSc1ccccc1)c1ccco1. The smallest absolute Gasteiger partial charge is 0.287 e. The van der Waals surface area contributed by atoms with Gasteiger partial charge < -0.3 is 19.5 Å². The number of rotatable bonds is 8. The number of thioether (sulfide) groups is 1. The molecule has 0 spiro atoms. The molecule has 0 atom stereocenters. The molecule has 134 valence electrons. The van der Waals surface area contributed by atoms with E-state index in [9.17, 15) is 9.59 Å². The number of carbonyl (C=O) groups is 2. The minimum absolute atomic E-state index is 0.239. The fraction of sp³-hybridized carbons (Fsp3) is 0.158. The van der Waals surface area contributed by atoms with Gasteiger partial charge >= 0.3 is 0 Å². The largest absolute Gasteiger partial charge is 0.459 e. The van der Waals surface area contributed by atoms with E-state index in [4.69, 9.17) is 8.83 Å². The van der Waals surface area contributed by atoms with Crippen LogP contribution in [0.4, 0.5) is 0 Å². The molecule has 0 aliphatic carbocycles. The monoisotopic (exact) mass is 370 g/mol. The van der Waals surface area contributed by atoms with E-state index in [0.29, 0.717) is 18.1 Å². The van der Waals surface area contributed by atoms with Gasteiger partial charge in [0.25, 0.3) is 11.8 Å². The quantitative estimate of drug-likeness (QED) is 0.469. The van der Waals surface area contributed by atoms with Crippen LogP contribution in [-0.4, -0.2) is 24.9 Å². The highest BCUT2D eigenvalue weighted by molar-refractivity contribution is 7.98. The maximum Gasteiger partial charge on any atom is 0.287 e. The van der Waals surface area contributed by atoms with E-state index < -0.39 is 0 Å². The molecular weight excluding hydrogens is 352 g/mol. The third-order valence-electron chi connectivity index (χ3n) is 3.53. The molecule has 0 fully saturated rings. The fourth-order valence-corrected chi connectivity index (χ4v) is 3.15. The van der Waals surface area contributed by atoms with Crippen LogP contribution in [0.3, 0.4) is 0 Å². The average molecular weight is 370 g/mol. The molecule has 0 unspecified atom stereocenters. The predicted octanol–water partition coefficient (Wildman–Crippen LogP) is 3.32. The summed E-state index contributed by atoms with van der Waals surface area (Å²) < 4.78 is 10.3. The summed E-state index contributed by atoms with van der Waals surface area (Å²) in [6.45, 7) is 0.581. The standard InChI is InChI=1S/C19H18N2O4S/c22-18(16-7-4-11-24-16)20-9-10-21-19(23)17-14(8-12-25-17)13-26-15-5-2-1-3-6-15/h1-8,11-12H,9-10,13H2,(H,20,22)(H,21,23). The summed E-state index contributed by atoms with van der Waals surface area (Å²) in [6, 6.07) is 15.0. The number of benzene rings is 1. The summed E-state index contributed by atoms with van der Waals surface area (Å²) in [5, 5.41) is 5.40. The summed E-state index contributed by atoms with van der Waals surface area (Å²) in [4.78, 5) is 25.1. The lowest BCUT2D eigenvalue weighted by atomic mass is 10.2. The van der Waals surface area contributed by atoms with Crippen LogP contribution in [0.25, 0.3) is 0 Å². The highest BCUT2D eigenvalue weighted by Gasteiger charge is 2.15. The minimum Gasteiger partial charge on any atom is -0.459 e. The summed E-state index contributed by atoms with van der Waals surface area (Å²) in [5.41, 5.74) is 0.830. The molecule has 2 amide bonds. The van der Waals surface area contributed by atoms with Crippen molar-refractivity contribution in [2.45, 2.75) is 10.6 Å². The van der Waals surface area contributed by atoms with Crippen LogP contribution >= 0.6 is 11.8 Å². The van der Waals surface area contributed by atoms with Gasteiger partial charge in [-0.15, -0.1) is 11.8 Å². The van der Waals surface area contributed by atoms with Crippen LogP contribution in [-0.2, 0) is 5.75 Å². The maximum absolute atomic E-state index is 12.3. The van der Waals surface area contributed by atoms with E-state index in [1.807, 2.05) is 30.3 Å². The topological polar surface area (TPSA) is 84.5 Å². The molecule has 0 radical (unpaired) electrons.